The molecule has 23 heavy (non-hydrogen) atoms. The molecule has 0 saturated carbocycles. The van der Waals surface area contributed by atoms with Gasteiger partial charge in [0.05, 0.1) is 18.4 Å². The molecule has 1 amide bonds. The van der Waals surface area contributed by atoms with Crippen molar-refractivity contribution in [3.8, 4) is 5.75 Å². The molecule has 1 aromatic heterocycles. The molecule has 0 aliphatic heterocycles. The number of para-hydroxylation sites is 2. The second kappa shape index (κ2) is 8.12. The molecule has 6 nitrogen and oxygen atoms in total. The number of anilines is 2. The summed E-state index contributed by atoms with van der Waals surface area (Å²) in [6.45, 7) is 5.13. The van der Waals surface area contributed by atoms with Crippen LogP contribution in [0.15, 0.2) is 36.7 Å². The summed E-state index contributed by atoms with van der Waals surface area (Å²) >= 11 is 0. The molecule has 1 heterocycles. The van der Waals surface area contributed by atoms with Crippen LogP contribution in [0.5, 0.6) is 5.75 Å². The number of methoxy groups -OCH3 is 1. The molecule has 2 N–H and O–H groups in total. The Morgan fingerprint density at radius 1 is 1.22 bits per heavy atom. The summed E-state index contributed by atoms with van der Waals surface area (Å²) in [4.78, 5) is 20.6. The molecule has 0 saturated heterocycles. The maximum Gasteiger partial charge on any atom is 0.258 e. The molecule has 122 valence electrons. The van der Waals surface area contributed by atoms with E-state index in [4.69, 9.17) is 4.74 Å². The highest BCUT2D eigenvalue weighted by atomic mass is 16.5. The van der Waals surface area contributed by atoms with Gasteiger partial charge in [-0.1, -0.05) is 26.0 Å². The molecule has 6 heteroatoms. The Morgan fingerprint density at radius 3 is 2.57 bits per heavy atom. The van der Waals surface area contributed by atoms with Crippen LogP contribution in [0.25, 0.3) is 0 Å². The first-order chi connectivity index (χ1) is 11.1. The zero-order valence-corrected chi connectivity index (χ0v) is 13.7. The van der Waals surface area contributed by atoms with Gasteiger partial charge in [-0.05, 0) is 24.5 Å². The minimum Gasteiger partial charge on any atom is -0.495 e. The third-order valence-electron chi connectivity index (χ3n) is 3.27. The minimum atomic E-state index is -0.275. The van der Waals surface area contributed by atoms with Crippen LogP contribution in [0.1, 0.15) is 30.6 Å². The van der Waals surface area contributed by atoms with Gasteiger partial charge in [0.1, 0.15) is 5.75 Å². The molecule has 0 spiro atoms. The number of hydrogen-bond donors (Lipinski definition) is 2. The monoisotopic (exact) mass is 314 g/mol. The predicted molar refractivity (Wildman–Crippen MR) is 90.9 cm³/mol. The highest BCUT2D eigenvalue weighted by Gasteiger charge is 2.10. The summed E-state index contributed by atoms with van der Waals surface area (Å²) in [5.41, 5.74) is 1.00. The molecule has 0 atom stereocenters. The average Bonchev–Trinajstić information content (AvgIpc) is 2.55. The first-order valence-corrected chi connectivity index (χ1v) is 7.60. The van der Waals surface area contributed by atoms with Gasteiger partial charge in [-0.15, -0.1) is 0 Å². The van der Waals surface area contributed by atoms with E-state index in [0.29, 0.717) is 28.9 Å². The molecule has 0 unspecified atom stereocenters. The SMILES string of the molecule is COc1ccccc1NC(=O)c1cnc(NCCC(C)C)nc1. The Hall–Kier alpha value is -2.63. The second-order valence-corrected chi connectivity index (χ2v) is 5.56. The number of benzene rings is 1. The molecular weight excluding hydrogens is 292 g/mol. The lowest BCUT2D eigenvalue weighted by Gasteiger charge is -2.10. The maximum atomic E-state index is 12.2. The van der Waals surface area contributed by atoms with E-state index in [1.807, 2.05) is 12.1 Å². The van der Waals surface area contributed by atoms with Crippen LogP contribution in [0.2, 0.25) is 0 Å². The Morgan fingerprint density at radius 2 is 1.91 bits per heavy atom. The smallest absolute Gasteiger partial charge is 0.258 e. The normalized spacial score (nSPS) is 10.4. The third kappa shape index (κ3) is 4.95. The minimum absolute atomic E-state index is 0.275. The van der Waals surface area contributed by atoms with E-state index in [0.717, 1.165) is 13.0 Å². The van der Waals surface area contributed by atoms with Gasteiger partial charge in [0.25, 0.3) is 5.91 Å². The number of amides is 1. The first-order valence-electron chi connectivity index (χ1n) is 7.60. The van der Waals surface area contributed by atoms with Crippen molar-refractivity contribution in [2.24, 2.45) is 5.92 Å². The number of carbonyl (C=O) groups excluding carboxylic acids is 1. The van der Waals surface area contributed by atoms with Crippen molar-refractivity contribution < 1.29 is 9.53 Å². The van der Waals surface area contributed by atoms with Crippen molar-refractivity contribution in [2.45, 2.75) is 20.3 Å². The lowest BCUT2D eigenvalue weighted by molar-refractivity contribution is 0.102. The number of aromatic nitrogens is 2. The van der Waals surface area contributed by atoms with E-state index in [1.54, 1.807) is 19.2 Å². The van der Waals surface area contributed by atoms with E-state index >= 15 is 0 Å². The molecule has 0 fully saturated rings. The van der Waals surface area contributed by atoms with E-state index in [1.165, 1.54) is 12.4 Å². The molecule has 0 aliphatic carbocycles. The van der Waals surface area contributed by atoms with Gasteiger partial charge in [-0.2, -0.15) is 0 Å². The van der Waals surface area contributed by atoms with Crippen LogP contribution in [0.3, 0.4) is 0 Å². The fourth-order valence-electron chi connectivity index (χ4n) is 1.95. The largest absolute Gasteiger partial charge is 0.495 e. The molecule has 0 bridgehead atoms. The van der Waals surface area contributed by atoms with Gasteiger partial charge in [0, 0.05) is 18.9 Å². The molecule has 2 rings (SSSR count). The Balaban J connectivity index is 1.97. The van der Waals surface area contributed by atoms with Crippen LogP contribution >= 0.6 is 0 Å². The van der Waals surface area contributed by atoms with Crippen molar-refractivity contribution in [3.05, 3.63) is 42.2 Å². The third-order valence-corrected chi connectivity index (χ3v) is 3.27. The Kier molecular flexibility index (Phi) is 5.91. The van der Waals surface area contributed by atoms with Crippen LogP contribution in [-0.2, 0) is 0 Å². The molecular formula is C17H22N4O2. The fourth-order valence-corrected chi connectivity index (χ4v) is 1.95. The van der Waals surface area contributed by atoms with Crippen molar-refractivity contribution in [1.82, 2.24) is 9.97 Å². The zero-order valence-electron chi connectivity index (χ0n) is 13.7. The molecule has 0 radical (unpaired) electrons. The number of rotatable bonds is 7. The quantitative estimate of drug-likeness (QED) is 0.821. The summed E-state index contributed by atoms with van der Waals surface area (Å²) in [5.74, 6) is 1.48. The number of nitrogens with zero attached hydrogens (tertiary/aromatic N) is 2. The summed E-state index contributed by atoms with van der Waals surface area (Å²) in [5, 5.41) is 5.93. The maximum absolute atomic E-state index is 12.2. The molecule has 0 aliphatic rings. The van der Waals surface area contributed by atoms with Gasteiger partial charge in [0.2, 0.25) is 5.95 Å². The van der Waals surface area contributed by atoms with Gasteiger partial charge in [-0.25, -0.2) is 9.97 Å². The van der Waals surface area contributed by atoms with Gasteiger partial charge in [0.15, 0.2) is 0 Å². The van der Waals surface area contributed by atoms with Crippen LogP contribution in [0.4, 0.5) is 11.6 Å². The highest BCUT2D eigenvalue weighted by molar-refractivity contribution is 6.04. The number of carbonyl (C=O) groups is 1. The lowest BCUT2D eigenvalue weighted by atomic mass is 10.1. The number of hydrogen-bond acceptors (Lipinski definition) is 5. The second-order valence-electron chi connectivity index (χ2n) is 5.56. The van der Waals surface area contributed by atoms with E-state index < -0.39 is 0 Å². The van der Waals surface area contributed by atoms with Crippen LogP contribution in [-0.4, -0.2) is 29.5 Å². The van der Waals surface area contributed by atoms with Gasteiger partial charge in [-0.3, -0.25) is 4.79 Å². The van der Waals surface area contributed by atoms with E-state index in [9.17, 15) is 4.79 Å². The van der Waals surface area contributed by atoms with Crippen LogP contribution < -0.4 is 15.4 Å². The van der Waals surface area contributed by atoms with Gasteiger partial charge < -0.3 is 15.4 Å². The van der Waals surface area contributed by atoms with E-state index in [2.05, 4.69) is 34.4 Å². The van der Waals surface area contributed by atoms with Crippen LogP contribution in [0, 0.1) is 5.92 Å². The summed E-state index contributed by atoms with van der Waals surface area (Å²) < 4.78 is 5.21. The van der Waals surface area contributed by atoms with Crippen molar-refractivity contribution in [2.75, 3.05) is 24.3 Å². The van der Waals surface area contributed by atoms with Crippen molar-refractivity contribution in [3.63, 3.8) is 0 Å². The zero-order chi connectivity index (χ0) is 16.7. The summed E-state index contributed by atoms with van der Waals surface area (Å²) in [6.07, 6.45) is 4.06. The average molecular weight is 314 g/mol. The fraction of sp³-hybridized carbons (Fsp3) is 0.353. The number of nitrogens with one attached hydrogen (secondary N) is 2. The van der Waals surface area contributed by atoms with Crippen molar-refractivity contribution >= 4 is 17.5 Å². The number of ether oxygens (including phenoxy) is 1. The van der Waals surface area contributed by atoms with E-state index in [-0.39, 0.29) is 5.91 Å². The topological polar surface area (TPSA) is 76.1 Å². The summed E-state index contributed by atoms with van der Waals surface area (Å²) in [7, 11) is 1.56. The summed E-state index contributed by atoms with van der Waals surface area (Å²) in [6, 6.07) is 7.24. The van der Waals surface area contributed by atoms with Gasteiger partial charge >= 0.3 is 0 Å². The Labute approximate surface area is 136 Å². The molecule has 2 aromatic rings. The first kappa shape index (κ1) is 16.7. The Bertz CT molecular complexity index is 641. The molecule has 1 aromatic carbocycles. The predicted octanol–water partition coefficient (Wildman–Crippen LogP) is 3.20. The lowest BCUT2D eigenvalue weighted by Crippen LogP contribution is -2.14. The van der Waals surface area contributed by atoms with Crippen molar-refractivity contribution in [1.29, 1.82) is 0 Å². The standard InChI is InChI=1S/C17H22N4O2/c1-12(2)8-9-18-17-19-10-13(11-20-17)16(22)21-14-6-4-5-7-15(14)23-3/h4-7,10-12H,8-9H2,1-3H3,(H,21,22)(H,18,19,20). The highest BCUT2D eigenvalue weighted by Crippen LogP contribution is 2.23.